The molecule has 0 saturated carbocycles. The van der Waals surface area contributed by atoms with E-state index in [9.17, 15) is 15.2 Å². The van der Waals surface area contributed by atoms with Gasteiger partial charge in [0.1, 0.15) is 0 Å². The van der Waals surface area contributed by atoms with Gasteiger partial charge in [0.15, 0.2) is 0 Å². The first-order valence-corrected chi connectivity index (χ1v) is 6.81. The molecule has 0 bridgehead atoms. The fourth-order valence-electron chi connectivity index (χ4n) is 2.06. The second kappa shape index (κ2) is 7.17. The Kier molecular flexibility index (Phi) is 5.27. The van der Waals surface area contributed by atoms with Crippen LogP contribution >= 0.6 is 11.6 Å². The summed E-state index contributed by atoms with van der Waals surface area (Å²) < 4.78 is 0. The number of halogens is 1. The van der Waals surface area contributed by atoms with Crippen LogP contribution in [0.1, 0.15) is 17.2 Å². The van der Waals surface area contributed by atoms with Crippen LogP contribution in [0.2, 0.25) is 5.02 Å². The number of aliphatic hydroxyl groups excluding tert-OH is 1. The summed E-state index contributed by atoms with van der Waals surface area (Å²) in [6.07, 6.45) is 0. The first-order chi connectivity index (χ1) is 10.1. The highest BCUT2D eigenvalue weighted by Gasteiger charge is 2.16. The molecule has 110 valence electrons. The van der Waals surface area contributed by atoms with Crippen LogP contribution in [0, 0.1) is 10.1 Å². The van der Waals surface area contributed by atoms with Crippen molar-refractivity contribution in [2.75, 3.05) is 6.61 Å². The van der Waals surface area contributed by atoms with Crippen molar-refractivity contribution in [3.8, 4) is 0 Å². The van der Waals surface area contributed by atoms with Crippen molar-refractivity contribution < 1.29 is 10.0 Å². The molecule has 0 heterocycles. The Hall–Kier alpha value is -1.95. The summed E-state index contributed by atoms with van der Waals surface area (Å²) >= 11 is 5.78. The van der Waals surface area contributed by atoms with E-state index in [0.29, 0.717) is 10.6 Å². The van der Waals surface area contributed by atoms with Crippen LogP contribution in [0.5, 0.6) is 0 Å². The highest BCUT2D eigenvalue weighted by Crippen LogP contribution is 2.24. The number of hydrogen-bond acceptors (Lipinski definition) is 4. The Labute approximate surface area is 127 Å². The van der Waals surface area contributed by atoms with Gasteiger partial charge in [0, 0.05) is 23.2 Å². The van der Waals surface area contributed by atoms with Crippen LogP contribution in [-0.4, -0.2) is 16.6 Å². The average molecular weight is 307 g/mol. The maximum absolute atomic E-state index is 11.0. The van der Waals surface area contributed by atoms with E-state index in [1.54, 1.807) is 12.1 Å². The number of benzene rings is 2. The van der Waals surface area contributed by atoms with E-state index in [0.717, 1.165) is 5.56 Å². The van der Waals surface area contributed by atoms with Gasteiger partial charge in [-0.05, 0) is 17.7 Å². The summed E-state index contributed by atoms with van der Waals surface area (Å²) in [6.45, 7) is 0.180. The van der Waals surface area contributed by atoms with Crippen molar-refractivity contribution in [2.45, 2.75) is 12.6 Å². The van der Waals surface area contributed by atoms with E-state index in [2.05, 4.69) is 5.32 Å². The molecule has 0 saturated heterocycles. The van der Waals surface area contributed by atoms with Crippen molar-refractivity contribution in [3.63, 3.8) is 0 Å². The maximum atomic E-state index is 11.0. The zero-order chi connectivity index (χ0) is 15.2. The van der Waals surface area contributed by atoms with Gasteiger partial charge in [-0.15, -0.1) is 0 Å². The molecule has 6 heteroatoms. The highest BCUT2D eigenvalue weighted by molar-refractivity contribution is 6.30. The molecule has 0 spiro atoms. The van der Waals surface area contributed by atoms with Crippen LogP contribution in [0.4, 0.5) is 5.69 Å². The van der Waals surface area contributed by atoms with Crippen molar-refractivity contribution in [1.29, 1.82) is 0 Å². The first kappa shape index (κ1) is 15.4. The summed E-state index contributed by atoms with van der Waals surface area (Å²) in [6, 6.07) is 13.7. The molecule has 0 fully saturated rings. The SMILES string of the molecule is O=[N+]([O-])c1cc(Cl)ccc1CNC(CO)c1ccccc1. The van der Waals surface area contributed by atoms with E-state index >= 15 is 0 Å². The normalized spacial score (nSPS) is 12.1. The van der Waals surface area contributed by atoms with Crippen molar-refractivity contribution in [1.82, 2.24) is 5.32 Å². The third-order valence-electron chi connectivity index (χ3n) is 3.17. The largest absolute Gasteiger partial charge is 0.394 e. The molecule has 2 rings (SSSR count). The zero-order valence-corrected chi connectivity index (χ0v) is 12.0. The third kappa shape index (κ3) is 4.01. The molecule has 5 nitrogen and oxygen atoms in total. The second-order valence-corrected chi connectivity index (χ2v) is 4.99. The molecule has 0 aliphatic heterocycles. The molecule has 0 radical (unpaired) electrons. The van der Waals surface area contributed by atoms with Gasteiger partial charge < -0.3 is 10.4 Å². The summed E-state index contributed by atoms with van der Waals surface area (Å²) in [5, 5.41) is 23.9. The molecule has 21 heavy (non-hydrogen) atoms. The van der Waals surface area contributed by atoms with Crippen LogP contribution < -0.4 is 5.32 Å². The van der Waals surface area contributed by atoms with Gasteiger partial charge in [-0.2, -0.15) is 0 Å². The predicted molar refractivity (Wildman–Crippen MR) is 81.2 cm³/mol. The Bertz CT molecular complexity index is 620. The maximum Gasteiger partial charge on any atom is 0.275 e. The molecule has 0 aromatic heterocycles. The van der Waals surface area contributed by atoms with E-state index in [1.807, 2.05) is 30.3 Å². The minimum atomic E-state index is -0.459. The molecule has 2 aromatic carbocycles. The molecule has 0 aliphatic carbocycles. The van der Waals surface area contributed by atoms with Gasteiger partial charge in [0.05, 0.1) is 17.6 Å². The number of aliphatic hydroxyl groups is 1. The van der Waals surface area contributed by atoms with Gasteiger partial charge >= 0.3 is 0 Å². The standard InChI is InChI=1S/C15H15ClN2O3/c16-13-7-6-12(15(8-13)18(20)21)9-17-14(10-19)11-4-2-1-3-5-11/h1-8,14,17,19H,9-10H2. The lowest BCUT2D eigenvalue weighted by Gasteiger charge is -2.16. The summed E-state index contributed by atoms with van der Waals surface area (Å²) in [4.78, 5) is 10.6. The van der Waals surface area contributed by atoms with Gasteiger partial charge in [-0.25, -0.2) is 0 Å². The fourth-order valence-corrected chi connectivity index (χ4v) is 2.23. The van der Waals surface area contributed by atoms with E-state index in [-0.39, 0.29) is 24.9 Å². The minimum absolute atomic E-state index is 0.0280. The number of nitro benzene ring substituents is 1. The molecule has 1 atom stereocenters. The summed E-state index contributed by atoms with van der Waals surface area (Å²) in [5.41, 5.74) is 1.43. The monoisotopic (exact) mass is 306 g/mol. The Morgan fingerprint density at radius 1 is 1.24 bits per heavy atom. The van der Waals surface area contributed by atoms with Crippen LogP contribution in [0.15, 0.2) is 48.5 Å². The second-order valence-electron chi connectivity index (χ2n) is 4.56. The number of nitrogens with one attached hydrogen (secondary N) is 1. The lowest BCUT2D eigenvalue weighted by molar-refractivity contribution is -0.385. The lowest BCUT2D eigenvalue weighted by Crippen LogP contribution is -2.24. The van der Waals surface area contributed by atoms with Crippen molar-refractivity contribution in [2.24, 2.45) is 0 Å². The average Bonchev–Trinajstić information content (AvgIpc) is 2.50. The zero-order valence-electron chi connectivity index (χ0n) is 11.2. The molecule has 1 unspecified atom stereocenters. The molecule has 0 amide bonds. The molecular formula is C15H15ClN2O3. The smallest absolute Gasteiger partial charge is 0.275 e. The Balaban J connectivity index is 2.14. The van der Waals surface area contributed by atoms with Crippen molar-refractivity contribution >= 4 is 17.3 Å². The molecule has 0 aliphatic rings. The lowest BCUT2D eigenvalue weighted by atomic mass is 10.1. The first-order valence-electron chi connectivity index (χ1n) is 6.44. The topological polar surface area (TPSA) is 75.4 Å². The molecular weight excluding hydrogens is 292 g/mol. The third-order valence-corrected chi connectivity index (χ3v) is 3.40. The van der Waals surface area contributed by atoms with Crippen LogP contribution in [0.25, 0.3) is 0 Å². The van der Waals surface area contributed by atoms with Crippen LogP contribution in [-0.2, 0) is 6.54 Å². The molecule has 2 N–H and O–H groups in total. The van der Waals surface area contributed by atoms with Gasteiger partial charge in [-0.3, -0.25) is 10.1 Å². The number of nitro groups is 1. The van der Waals surface area contributed by atoms with Crippen LogP contribution in [0.3, 0.4) is 0 Å². The predicted octanol–water partition coefficient (Wildman–Crippen LogP) is 3.07. The quantitative estimate of drug-likeness (QED) is 0.635. The van der Waals surface area contributed by atoms with Gasteiger partial charge in [0.25, 0.3) is 5.69 Å². The Morgan fingerprint density at radius 3 is 2.57 bits per heavy atom. The van der Waals surface area contributed by atoms with E-state index in [4.69, 9.17) is 11.6 Å². The van der Waals surface area contributed by atoms with Gasteiger partial charge in [0.2, 0.25) is 0 Å². The molecule has 2 aromatic rings. The van der Waals surface area contributed by atoms with E-state index < -0.39 is 4.92 Å². The summed E-state index contributed by atoms with van der Waals surface area (Å²) in [7, 11) is 0. The number of nitrogens with zero attached hydrogens (tertiary/aromatic N) is 1. The summed E-state index contributed by atoms with van der Waals surface area (Å²) in [5.74, 6) is 0. The fraction of sp³-hybridized carbons (Fsp3) is 0.200. The van der Waals surface area contributed by atoms with Crippen molar-refractivity contribution in [3.05, 3.63) is 74.8 Å². The van der Waals surface area contributed by atoms with Gasteiger partial charge in [-0.1, -0.05) is 41.9 Å². The number of rotatable bonds is 6. The minimum Gasteiger partial charge on any atom is -0.394 e. The number of hydrogen-bond donors (Lipinski definition) is 2. The van der Waals surface area contributed by atoms with E-state index in [1.165, 1.54) is 6.07 Å². The highest BCUT2D eigenvalue weighted by atomic mass is 35.5. The Morgan fingerprint density at radius 2 is 1.95 bits per heavy atom.